The highest BCUT2D eigenvalue weighted by Crippen LogP contribution is 2.44. The van der Waals surface area contributed by atoms with Gasteiger partial charge in [0.2, 0.25) is 5.91 Å². The molecular formula is C24H23F3N2O5. The van der Waals surface area contributed by atoms with E-state index in [9.17, 15) is 27.6 Å². The smallest absolute Gasteiger partial charge is 0.409 e. The van der Waals surface area contributed by atoms with Crippen molar-refractivity contribution >= 4 is 18.0 Å². The highest BCUT2D eigenvalue weighted by Gasteiger charge is 2.48. The van der Waals surface area contributed by atoms with E-state index in [1.165, 1.54) is 0 Å². The zero-order chi connectivity index (χ0) is 24.5. The quantitative estimate of drug-likeness (QED) is 0.535. The van der Waals surface area contributed by atoms with Crippen LogP contribution >= 0.6 is 0 Å². The molecule has 180 valence electrons. The number of rotatable bonds is 8. The molecule has 2 aromatic rings. The molecule has 7 nitrogen and oxygen atoms in total. The number of alkyl carbamates (subject to hydrolysis) is 1. The molecule has 0 radical (unpaired) electrons. The van der Waals surface area contributed by atoms with Crippen molar-refractivity contribution in [2.45, 2.75) is 49.4 Å². The Morgan fingerprint density at radius 3 is 2.09 bits per heavy atom. The highest BCUT2D eigenvalue weighted by molar-refractivity contribution is 5.81. The van der Waals surface area contributed by atoms with Crippen LogP contribution in [0.4, 0.5) is 18.0 Å². The Balaban J connectivity index is 1.34. The standard InChI is InChI=1S/C24H23F3N2O5/c25-24(26,27)19(11-21(31)32)28-20(30)12-23(9-10-23)29-22(33)34-13-18-16-7-3-1-5-14(16)15-6-2-4-8-17(15)18/h1-8,18-19H,9-13H2,(H,28,30)(H,29,33)(H,31,32). The molecule has 0 spiro atoms. The first-order chi connectivity index (χ1) is 16.1. The second-order valence-electron chi connectivity index (χ2n) is 8.67. The van der Waals surface area contributed by atoms with E-state index >= 15 is 0 Å². The molecule has 1 atom stereocenters. The largest absolute Gasteiger partial charge is 0.481 e. The van der Waals surface area contributed by atoms with E-state index in [4.69, 9.17) is 9.84 Å². The number of fused-ring (bicyclic) bond motifs is 3. The predicted molar refractivity (Wildman–Crippen MR) is 115 cm³/mol. The lowest BCUT2D eigenvalue weighted by Gasteiger charge is -2.22. The fourth-order valence-electron chi connectivity index (χ4n) is 4.32. The Hall–Kier alpha value is -3.56. The number of nitrogens with one attached hydrogen (secondary N) is 2. The van der Waals surface area contributed by atoms with Gasteiger partial charge in [-0.25, -0.2) is 4.79 Å². The number of carboxylic acid groups (broad SMARTS) is 1. The second-order valence-corrected chi connectivity index (χ2v) is 8.67. The Morgan fingerprint density at radius 1 is 1.03 bits per heavy atom. The van der Waals surface area contributed by atoms with Gasteiger partial charge in [-0.05, 0) is 35.1 Å². The van der Waals surface area contributed by atoms with Crippen molar-refractivity contribution in [3.8, 4) is 11.1 Å². The monoisotopic (exact) mass is 476 g/mol. The summed E-state index contributed by atoms with van der Waals surface area (Å²) in [5, 5.41) is 13.0. The number of amides is 2. The zero-order valence-corrected chi connectivity index (χ0v) is 18.0. The van der Waals surface area contributed by atoms with Crippen LogP contribution in [-0.2, 0) is 14.3 Å². The summed E-state index contributed by atoms with van der Waals surface area (Å²) in [6.07, 6.45) is -6.53. The molecule has 1 saturated carbocycles. The molecule has 2 aromatic carbocycles. The van der Waals surface area contributed by atoms with E-state index in [1.54, 1.807) is 5.32 Å². The molecule has 0 aliphatic heterocycles. The van der Waals surface area contributed by atoms with Gasteiger partial charge in [0, 0.05) is 12.3 Å². The van der Waals surface area contributed by atoms with Crippen molar-refractivity contribution in [2.24, 2.45) is 0 Å². The first kappa shape index (κ1) is 23.6. The molecule has 3 N–H and O–H groups in total. The average molecular weight is 476 g/mol. The van der Waals surface area contributed by atoms with Crippen molar-refractivity contribution in [3.05, 3.63) is 59.7 Å². The third-order valence-corrected chi connectivity index (χ3v) is 6.17. The van der Waals surface area contributed by atoms with Gasteiger partial charge in [-0.1, -0.05) is 48.5 Å². The van der Waals surface area contributed by atoms with E-state index in [0.717, 1.165) is 22.3 Å². The van der Waals surface area contributed by atoms with Gasteiger partial charge in [0.1, 0.15) is 12.6 Å². The van der Waals surface area contributed by atoms with E-state index in [1.807, 2.05) is 48.5 Å². The van der Waals surface area contributed by atoms with Crippen LogP contribution in [0.5, 0.6) is 0 Å². The number of benzene rings is 2. The van der Waals surface area contributed by atoms with Gasteiger partial charge < -0.3 is 20.5 Å². The third kappa shape index (κ3) is 5.16. The minimum Gasteiger partial charge on any atom is -0.481 e. The molecule has 1 fully saturated rings. The summed E-state index contributed by atoms with van der Waals surface area (Å²) >= 11 is 0. The van der Waals surface area contributed by atoms with Gasteiger partial charge in [-0.3, -0.25) is 9.59 Å². The average Bonchev–Trinajstić information content (AvgIpc) is 3.43. The number of hydrogen-bond donors (Lipinski definition) is 3. The number of ether oxygens (including phenoxy) is 1. The maximum absolute atomic E-state index is 13.0. The number of halogens is 3. The molecule has 0 aromatic heterocycles. The maximum Gasteiger partial charge on any atom is 0.409 e. The molecule has 0 saturated heterocycles. The van der Waals surface area contributed by atoms with Crippen molar-refractivity contribution < 1.29 is 37.4 Å². The maximum atomic E-state index is 13.0. The van der Waals surface area contributed by atoms with Crippen molar-refractivity contribution in [3.63, 3.8) is 0 Å². The summed E-state index contributed by atoms with van der Waals surface area (Å²) in [7, 11) is 0. The van der Waals surface area contributed by atoms with Gasteiger partial charge in [-0.2, -0.15) is 13.2 Å². The van der Waals surface area contributed by atoms with Gasteiger partial charge in [0.15, 0.2) is 0 Å². The lowest BCUT2D eigenvalue weighted by Crippen LogP contribution is -2.49. The normalized spacial score (nSPS) is 16.7. The molecule has 0 heterocycles. The van der Waals surface area contributed by atoms with E-state index in [0.29, 0.717) is 12.8 Å². The van der Waals surface area contributed by atoms with Crippen LogP contribution < -0.4 is 10.6 Å². The molecule has 2 aliphatic carbocycles. The van der Waals surface area contributed by atoms with Gasteiger partial charge in [0.05, 0.1) is 12.0 Å². The third-order valence-electron chi connectivity index (χ3n) is 6.17. The zero-order valence-electron chi connectivity index (χ0n) is 18.0. The lowest BCUT2D eigenvalue weighted by atomic mass is 9.98. The number of carbonyl (C=O) groups is 3. The molecule has 1 unspecified atom stereocenters. The van der Waals surface area contributed by atoms with E-state index < -0.39 is 48.6 Å². The number of carbonyl (C=O) groups excluding carboxylic acids is 2. The predicted octanol–water partition coefficient (Wildman–Crippen LogP) is 3.97. The minimum absolute atomic E-state index is 0.0664. The number of aliphatic carboxylic acids is 1. The van der Waals surface area contributed by atoms with Gasteiger partial charge in [0.25, 0.3) is 0 Å². The lowest BCUT2D eigenvalue weighted by molar-refractivity contribution is -0.170. The first-order valence-electron chi connectivity index (χ1n) is 10.8. The van der Waals surface area contributed by atoms with Crippen LogP contribution in [0.1, 0.15) is 42.7 Å². The first-order valence-corrected chi connectivity index (χ1v) is 10.8. The van der Waals surface area contributed by atoms with Crippen LogP contribution in [0.15, 0.2) is 48.5 Å². The van der Waals surface area contributed by atoms with Crippen LogP contribution in [-0.4, -0.2) is 47.4 Å². The van der Waals surface area contributed by atoms with E-state index in [-0.39, 0.29) is 12.5 Å². The summed E-state index contributed by atoms with van der Waals surface area (Å²) in [4.78, 5) is 35.3. The highest BCUT2D eigenvalue weighted by atomic mass is 19.4. The van der Waals surface area contributed by atoms with Crippen LogP contribution in [0, 0.1) is 0 Å². The number of alkyl halides is 3. The van der Waals surface area contributed by atoms with Crippen molar-refractivity contribution in [1.29, 1.82) is 0 Å². The summed E-state index contributed by atoms with van der Waals surface area (Å²) in [5.74, 6) is -2.82. The van der Waals surface area contributed by atoms with Crippen LogP contribution in [0.2, 0.25) is 0 Å². The second kappa shape index (κ2) is 9.00. The van der Waals surface area contributed by atoms with Crippen LogP contribution in [0.3, 0.4) is 0 Å². The number of hydrogen-bond acceptors (Lipinski definition) is 4. The summed E-state index contributed by atoms with van der Waals surface area (Å²) in [6.45, 7) is 0.0664. The molecule has 34 heavy (non-hydrogen) atoms. The Morgan fingerprint density at radius 2 is 1.59 bits per heavy atom. The van der Waals surface area contributed by atoms with Gasteiger partial charge >= 0.3 is 18.2 Å². The summed E-state index contributed by atoms with van der Waals surface area (Å²) in [6, 6.07) is 13.2. The molecule has 2 amide bonds. The minimum atomic E-state index is -4.90. The van der Waals surface area contributed by atoms with Gasteiger partial charge in [-0.15, -0.1) is 0 Å². The fourth-order valence-corrected chi connectivity index (χ4v) is 4.32. The van der Waals surface area contributed by atoms with Crippen LogP contribution in [0.25, 0.3) is 11.1 Å². The molecule has 2 aliphatic rings. The fraction of sp³-hybridized carbons (Fsp3) is 0.375. The van der Waals surface area contributed by atoms with Crippen molar-refractivity contribution in [1.82, 2.24) is 10.6 Å². The van der Waals surface area contributed by atoms with E-state index in [2.05, 4.69) is 5.32 Å². The molecule has 10 heteroatoms. The summed E-state index contributed by atoms with van der Waals surface area (Å²) < 4.78 is 44.4. The Bertz CT molecular complexity index is 1070. The SMILES string of the molecule is O=C(O)CC(NC(=O)CC1(NC(=O)OCC2c3ccccc3-c3ccccc32)CC1)C(F)(F)F. The van der Waals surface area contributed by atoms with Crippen molar-refractivity contribution in [2.75, 3.05) is 6.61 Å². The Labute approximate surface area is 193 Å². The summed E-state index contributed by atoms with van der Waals surface area (Å²) in [5.41, 5.74) is 3.22. The number of carboxylic acids is 1. The topological polar surface area (TPSA) is 105 Å². The molecular weight excluding hydrogens is 453 g/mol. The molecule has 4 rings (SSSR count). The Kier molecular flexibility index (Phi) is 6.24. The molecule has 0 bridgehead atoms.